The molecular formula is C26H33N5O. The van der Waals surface area contributed by atoms with E-state index in [1.807, 2.05) is 19.1 Å². The number of anilines is 1. The van der Waals surface area contributed by atoms with Crippen molar-refractivity contribution in [3.05, 3.63) is 65.8 Å². The Hall–Kier alpha value is -2.70. The molecule has 0 saturated carbocycles. The molecule has 0 spiro atoms. The lowest BCUT2D eigenvalue weighted by molar-refractivity contribution is 0.0292. The van der Waals surface area contributed by atoms with E-state index in [4.69, 9.17) is 9.40 Å². The van der Waals surface area contributed by atoms with E-state index in [0.717, 1.165) is 36.9 Å². The number of aryl methyl sites for hydroxylation is 1. The summed E-state index contributed by atoms with van der Waals surface area (Å²) in [5.74, 6) is 2.81. The molecule has 0 aliphatic carbocycles. The fraction of sp³-hybridized carbons (Fsp3) is 0.462. The number of hydrogen-bond donors (Lipinski definition) is 1. The summed E-state index contributed by atoms with van der Waals surface area (Å²) < 4.78 is 5.58. The number of nitrogens with one attached hydrogen (secondary N) is 1. The molecule has 2 aromatic heterocycles. The van der Waals surface area contributed by atoms with Crippen LogP contribution >= 0.6 is 0 Å². The van der Waals surface area contributed by atoms with Gasteiger partial charge in [0.1, 0.15) is 11.5 Å². The maximum Gasteiger partial charge on any atom is 0.152 e. The van der Waals surface area contributed by atoms with Gasteiger partial charge in [-0.1, -0.05) is 12.1 Å². The molecule has 4 atom stereocenters. The van der Waals surface area contributed by atoms with Crippen molar-refractivity contribution in [1.82, 2.24) is 20.2 Å². The Morgan fingerprint density at radius 3 is 2.69 bits per heavy atom. The van der Waals surface area contributed by atoms with Gasteiger partial charge in [0.15, 0.2) is 5.76 Å². The third-order valence-electron chi connectivity index (χ3n) is 7.05. The predicted octanol–water partition coefficient (Wildman–Crippen LogP) is 4.08. The Labute approximate surface area is 190 Å². The minimum atomic E-state index is 0.481. The number of hydrogen-bond acceptors (Lipinski definition) is 6. The topological polar surface area (TPSA) is 57.4 Å². The molecule has 0 amide bonds. The first kappa shape index (κ1) is 21.2. The van der Waals surface area contributed by atoms with Crippen LogP contribution in [0.2, 0.25) is 0 Å². The second-order valence-electron chi connectivity index (χ2n) is 9.43. The van der Waals surface area contributed by atoms with Gasteiger partial charge in [0.05, 0.1) is 6.26 Å². The summed E-state index contributed by atoms with van der Waals surface area (Å²) in [5.41, 5.74) is 4.65. The van der Waals surface area contributed by atoms with Crippen LogP contribution in [-0.4, -0.2) is 54.6 Å². The van der Waals surface area contributed by atoms with Crippen LogP contribution in [0.15, 0.2) is 53.1 Å². The highest BCUT2D eigenvalue weighted by molar-refractivity contribution is 5.52. The molecule has 3 aromatic rings. The molecule has 1 aromatic carbocycles. The Kier molecular flexibility index (Phi) is 5.98. The molecule has 32 heavy (non-hydrogen) atoms. The van der Waals surface area contributed by atoms with Gasteiger partial charge in [-0.25, -0.2) is 9.97 Å². The second-order valence-corrected chi connectivity index (χ2v) is 9.43. The number of piperidine rings is 3. The molecule has 1 N–H and O–H groups in total. The minimum absolute atomic E-state index is 0.481. The molecule has 3 fully saturated rings. The fourth-order valence-corrected chi connectivity index (χ4v) is 5.31. The quantitative estimate of drug-likeness (QED) is 0.608. The lowest BCUT2D eigenvalue weighted by Crippen LogP contribution is -2.55. The first-order chi connectivity index (χ1) is 15.6. The summed E-state index contributed by atoms with van der Waals surface area (Å²) in [7, 11) is 4.15. The average Bonchev–Trinajstić information content (AvgIpc) is 3.35. The molecule has 168 valence electrons. The van der Waals surface area contributed by atoms with Crippen molar-refractivity contribution < 1.29 is 4.42 Å². The highest BCUT2D eigenvalue weighted by Crippen LogP contribution is 2.41. The van der Waals surface area contributed by atoms with E-state index in [-0.39, 0.29) is 0 Å². The van der Waals surface area contributed by atoms with Crippen molar-refractivity contribution in [3.8, 4) is 11.5 Å². The molecule has 3 saturated heterocycles. The fourth-order valence-electron chi connectivity index (χ4n) is 5.31. The van der Waals surface area contributed by atoms with E-state index < -0.39 is 0 Å². The van der Waals surface area contributed by atoms with E-state index in [1.54, 1.807) is 6.26 Å². The van der Waals surface area contributed by atoms with Crippen molar-refractivity contribution in [2.45, 2.75) is 38.3 Å². The number of fused-ring (bicyclic) bond motifs is 3. The van der Waals surface area contributed by atoms with Gasteiger partial charge in [0, 0.05) is 57.1 Å². The Morgan fingerprint density at radius 2 is 2.00 bits per heavy atom. The number of rotatable bonds is 7. The van der Waals surface area contributed by atoms with Crippen molar-refractivity contribution in [3.63, 3.8) is 0 Å². The summed E-state index contributed by atoms with van der Waals surface area (Å²) >= 11 is 0. The van der Waals surface area contributed by atoms with Gasteiger partial charge in [0.2, 0.25) is 0 Å². The van der Waals surface area contributed by atoms with Crippen LogP contribution in [0, 0.1) is 12.8 Å². The summed E-state index contributed by atoms with van der Waals surface area (Å²) in [5, 5.41) is 3.70. The summed E-state index contributed by atoms with van der Waals surface area (Å²) in [6.07, 6.45) is 4.19. The van der Waals surface area contributed by atoms with Gasteiger partial charge in [-0.05, 0) is 68.1 Å². The minimum Gasteiger partial charge on any atom is -0.463 e. The summed E-state index contributed by atoms with van der Waals surface area (Å²) in [6.45, 7) is 6.22. The molecule has 1 unspecified atom stereocenters. The molecular weight excluding hydrogens is 398 g/mol. The van der Waals surface area contributed by atoms with E-state index in [2.05, 4.69) is 64.5 Å². The molecule has 6 rings (SSSR count). The van der Waals surface area contributed by atoms with Crippen molar-refractivity contribution >= 4 is 5.69 Å². The van der Waals surface area contributed by atoms with Crippen molar-refractivity contribution in [1.29, 1.82) is 0 Å². The first-order valence-electron chi connectivity index (χ1n) is 11.7. The number of nitrogens with zero attached hydrogens (tertiary/aromatic N) is 4. The third kappa shape index (κ3) is 4.43. The van der Waals surface area contributed by atoms with Crippen LogP contribution in [0.25, 0.3) is 11.5 Å². The van der Waals surface area contributed by atoms with Crippen LogP contribution in [-0.2, 0) is 6.54 Å². The Balaban J connectivity index is 1.21. The van der Waals surface area contributed by atoms with Crippen LogP contribution in [0.5, 0.6) is 0 Å². The monoisotopic (exact) mass is 431 g/mol. The Morgan fingerprint density at radius 1 is 1.16 bits per heavy atom. The van der Waals surface area contributed by atoms with E-state index in [1.165, 1.54) is 36.3 Å². The molecule has 3 aliphatic heterocycles. The maximum absolute atomic E-state index is 5.58. The molecule has 2 bridgehead atoms. The predicted molar refractivity (Wildman–Crippen MR) is 128 cm³/mol. The van der Waals surface area contributed by atoms with Gasteiger partial charge in [-0.15, -0.1) is 0 Å². The van der Waals surface area contributed by atoms with E-state index in [0.29, 0.717) is 17.9 Å². The number of benzene rings is 1. The van der Waals surface area contributed by atoms with Crippen LogP contribution in [0.3, 0.4) is 0 Å². The smallest absolute Gasteiger partial charge is 0.152 e. The lowest BCUT2D eigenvalue weighted by atomic mass is 9.74. The number of aromatic nitrogens is 2. The van der Waals surface area contributed by atoms with Gasteiger partial charge in [-0.3, -0.25) is 4.90 Å². The summed E-state index contributed by atoms with van der Waals surface area (Å²) in [6, 6.07) is 15.5. The number of furan rings is 1. The Bertz CT molecular complexity index is 1030. The second kappa shape index (κ2) is 9.04. The molecule has 5 heterocycles. The van der Waals surface area contributed by atoms with E-state index >= 15 is 0 Å². The molecule has 6 nitrogen and oxygen atoms in total. The average molecular weight is 432 g/mol. The third-order valence-corrected chi connectivity index (χ3v) is 7.05. The van der Waals surface area contributed by atoms with E-state index in [9.17, 15) is 0 Å². The summed E-state index contributed by atoms with van der Waals surface area (Å²) in [4.78, 5) is 14.2. The zero-order valence-corrected chi connectivity index (χ0v) is 19.3. The normalized spacial score (nSPS) is 24.6. The van der Waals surface area contributed by atoms with Gasteiger partial charge >= 0.3 is 0 Å². The maximum atomic E-state index is 5.58. The standard InChI is InChI=1S/C26H33N5O/c1-18-28-24(14-25(29-18)26-5-4-12-32-26)23-17-31-11-10-20(23)13-22(31)16-27-15-19-6-8-21(9-7-19)30(2)3/h4-9,12,14,20,22-23,27H,10-11,13,15-17H2,1-3H3/t20-,22+,23-/m0/s1. The zero-order valence-electron chi connectivity index (χ0n) is 19.3. The molecule has 3 aliphatic rings. The van der Waals surface area contributed by atoms with Crippen LogP contribution < -0.4 is 10.2 Å². The van der Waals surface area contributed by atoms with Crippen molar-refractivity contribution in [2.24, 2.45) is 5.92 Å². The first-order valence-corrected chi connectivity index (χ1v) is 11.7. The van der Waals surface area contributed by atoms with Gasteiger partial charge in [-0.2, -0.15) is 0 Å². The van der Waals surface area contributed by atoms with Gasteiger partial charge < -0.3 is 14.6 Å². The molecule has 6 heteroatoms. The van der Waals surface area contributed by atoms with Crippen molar-refractivity contribution in [2.75, 3.05) is 38.6 Å². The van der Waals surface area contributed by atoms with Gasteiger partial charge in [0.25, 0.3) is 0 Å². The SMILES string of the molecule is Cc1nc(-c2ccco2)cc([C@H]2CN3CC[C@H]2C[C@@H]3CNCc2ccc(N(C)C)cc2)n1. The van der Waals surface area contributed by atoms with Crippen LogP contribution in [0.1, 0.15) is 35.8 Å². The highest BCUT2D eigenvalue weighted by Gasteiger charge is 2.41. The molecule has 0 radical (unpaired) electrons. The zero-order chi connectivity index (χ0) is 22.1. The largest absolute Gasteiger partial charge is 0.463 e. The lowest BCUT2D eigenvalue weighted by Gasteiger charge is -2.50. The van der Waals surface area contributed by atoms with Crippen LogP contribution in [0.4, 0.5) is 5.69 Å². The highest BCUT2D eigenvalue weighted by atomic mass is 16.3.